The Kier molecular flexibility index (Phi) is 3.31. The maximum atomic E-state index is 5.31. The van der Waals surface area contributed by atoms with Gasteiger partial charge in [0, 0.05) is 18.3 Å². The number of thiophene rings is 1. The fourth-order valence-electron chi connectivity index (χ4n) is 2.20. The molecular weight excluding hydrogens is 264 g/mol. The van der Waals surface area contributed by atoms with Gasteiger partial charge in [0.25, 0.3) is 5.89 Å². The lowest BCUT2D eigenvalue weighted by atomic mass is 10.2. The molecule has 0 spiro atoms. The predicted molar refractivity (Wildman–Crippen MR) is 72.0 cm³/mol. The van der Waals surface area contributed by atoms with Crippen LogP contribution in [0.3, 0.4) is 0 Å². The first-order valence-electron chi connectivity index (χ1n) is 5.93. The molecule has 6 nitrogen and oxygen atoms in total. The Morgan fingerprint density at radius 2 is 2.47 bits per heavy atom. The van der Waals surface area contributed by atoms with Crippen molar-refractivity contribution >= 4 is 17.0 Å². The van der Waals surface area contributed by atoms with Crippen LogP contribution >= 0.6 is 11.3 Å². The van der Waals surface area contributed by atoms with Gasteiger partial charge in [-0.15, -0.1) is 0 Å². The third kappa shape index (κ3) is 2.39. The van der Waals surface area contributed by atoms with E-state index in [4.69, 9.17) is 9.36 Å². The second kappa shape index (κ2) is 5.10. The minimum Gasteiger partial charge on any atom is -0.399 e. The second-order valence-electron chi connectivity index (χ2n) is 4.44. The number of hydrogen-bond acceptors (Lipinski definition) is 7. The SMILES string of the molecule is CON=C1CC(c2noc(-c3ccsc3)n2)N(C)C1. The number of likely N-dealkylation sites (tertiary alicyclic amines) is 1. The van der Waals surface area contributed by atoms with Gasteiger partial charge in [0.15, 0.2) is 5.82 Å². The predicted octanol–water partition coefficient (Wildman–Crippen LogP) is 2.18. The minimum atomic E-state index is 0.102. The molecule has 0 amide bonds. The van der Waals surface area contributed by atoms with E-state index in [1.165, 1.54) is 0 Å². The Bertz CT molecular complexity index is 578. The zero-order valence-corrected chi connectivity index (χ0v) is 11.6. The average Bonchev–Trinajstić information content (AvgIpc) is 3.07. The molecule has 0 aliphatic carbocycles. The van der Waals surface area contributed by atoms with E-state index in [-0.39, 0.29) is 6.04 Å². The molecule has 3 rings (SSSR count). The summed E-state index contributed by atoms with van der Waals surface area (Å²) in [6.45, 7) is 0.765. The number of nitrogens with zero attached hydrogens (tertiary/aromatic N) is 4. The van der Waals surface area contributed by atoms with E-state index in [2.05, 4.69) is 20.2 Å². The highest BCUT2D eigenvalue weighted by Crippen LogP contribution is 2.29. The van der Waals surface area contributed by atoms with Crippen molar-refractivity contribution in [3.05, 3.63) is 22.7 Å². The first-order valence-corrected chi connectivity index (χ1v) is 6.87. The first kappa shape index (κ1) is 12.3. The summed E-state index contributed by atoms with van der Waals surface area (Å²) in [5.41, 5.74) is 1.96. The summed E-state index contributed by atoms with van der Waals surface area (Å²) in [6.07, 6.45) is 0.771. The Morgan fingerprint density at radius 3 is 3.21 bits per heavy atom. The van der Waals surface area contributed by atoms with E-state index in [1.54, 1.807) is 18.4 Å². The number of hydrogen-bond donors (Lipinski definition) is 0. The lowest BCUT2D eigenvalue weighted by molar-refractivity contribution is 0.212. The molecule has 0 saturated carbocycles. The van der Waals surface area contributed by atoms with Crippen molar-refractivity contribution in [1.29, 1.82) is 0 Å². The molecule has 0 N–H and O–H groups in total. The van der Waals surface area contributed by atoms with Crippen molar-refractivity contribution in [3.8, 4) is 11.5 Å². The normalized spacial score (nSPS) is 22.2. The van der Waals surface area contributed by atoms with Crippen molar-refractivity contribution < 1.29 is 9.36 Å². The lowest BCUT2D eigenvalue weighted by Crippen LogP contribution is -2.19. The van der Waals surface area contributed by atoms with E-state index in [1.807, 2.05) is 23.9 Å². The Balaban J connectivity index is 1.82. The molecule has 0 bridgehead atoms. The van der Waals surface area contributed by atoms with Crippen molar-refractivity contribution in [1.82, 2.24) is 15.0 Å². The van der Waals surface area contributed by atoms with Gasteiger partial charge < -0.3 is 9.36 Å². The Hall–Kier alpha value is -1.73. The zero-order valence-electron chi connectivity index (χ0n) is 10.7. The topological polar surface area (TPSA) is 63.8 Å². The highest BCUT2D eigenvalue weighted by molar-refractivity contribution is 7.08. The van der Waals surface area contributed by atoms with Crippen LogP contribution in [0.4, 0.5) is 0 Å². The van der Waals surface area contributed by atoms with Crippen LogP contribution in [0, 0.1) is 0 Å². The van der Waals surface area contributed by atoms with Gasteiger partial charge in [-0.3, -0.25) is 4.90 Å². The van der Waals surface area contributed by atoms with Gasteiger partial charge in [-0.05, 0) is 18.5 Å². The van der Waals surface area contributed by atoms with Crippen molar-refractivity contribution in [2.24, 2.45) is 5.16 Å². The van der Waals surface area contributed by atoms with Gasteiger partial charge in [0.05, 0.1) is 17.3 Å². The van der Waals surface area contributed by atoms with Crippen LogP contribution in [0.1, 0.15) is 18.3 Å². The van der Waals surface area contributed by atoms with Crippen molar-refractivity contribution in [2.45, 2.75) is 12.5 Å². The molecule has 1 aliphatic rings. The first-order chi connectivity index (χ1) is 9.28. The van der Waals surface area contributed by atoms with Crippen molar-refractivity contribution in [3.63, 3.8) is 0 Å². The molecule has 1 saturated heterocycles. The molecular formula is C12H14N4O2S. The van der Waals surface area contributed by atoms with E-state index < -0.39 is 0 Å². The Morgan fingerprint density at radius 1 is 1.58 bits per heavy atom. The molecule has 0 aromatic carbocycles. The molecule has 1 aliphatic heterocycles. The number of rotatable bonds is 3. The molecule has 1 fully saturated rings. The third-order valence-electron chi connectivity index (χ3n) is 3.12. The van der Waals surface area contributed by atoms with E-state index in [9.17, 15) is 0 Å². The van der Waals surface area contributed by atoms with Crippen LogP contribution in [0.2, 0.25) is 0 Å². The summed E-state index contributed by atoms with van der Waals surface area (Å²) < 4.78 is 5.31. The van der Waals surface area contributed by atoms with Crippen molar-refractivity contribution in [2.75, 3.05) is 20.7 Å². The van der Waals surface area contributed by atoms with E-state index in [0.29, 0.717) is 11.7 Å². The smallest absolute Gasteiger partial charge is 0.258 e. The third-order valence-corrected chi connectivity index (χ3v) is 3.80. The van der Waals surface area contributed by atoms with E-state index >= 15 is 0 Å². The van der Waals surface area contributed by atoms with Gasteiger partial charge in [-0.25, -0.2) is 0 Å². The monoisotopic (exact) mass is 278 g/mol. The summed E-state index contributed by atoms with van der Waals surface area (Å²) in [5, 5.41) is 12.1. The molecule has 2 aromatic rings. The maximum Gasteiger partial charge on any atom is 0.258 e. The van der Waals surface area contributed by atoms with Crippen LogP contribution in [0.25, 0.3) is 11.5 Å². The van der Waals surface area contributed by atoms with Crippen LogP contribution < -0.4 is 0 Å². The van der Waals surface area contributed by atoms with Crippen LogP contribution in [-0.2, 0) is 4.84 Å². The van der Waals surface area contributed by atoms with Gasteiger partial charge in [0.1, 0.15) is 7.11 Å². The molecule has 1 unspecified atom stereocenters. The summed E-state index contributed by atoms with van der Waals surface area (Å²) in [7, 11) is 3.58. The molecule has 1 atom stereocenters. The van der Waals surface area contributed by atoms with E-state index in [0.717, 1.165) is 24.2 Å². The standard InChI is InChI=1S/C12H14N4O2S/c1-16-6-9(14-17-2)5-10(16)11-13-12(18-15-11)8-3-4-19-7-8/h3-4,7,10H,5-6H2,1-2H3. The van der Waals surface area contributed by atoms with Crippen LogP contribution in [0.15, 0.2) is 26.5 Å². The molecule has 100 valence electrons. The highest BCUT2D eigenvalue weighted by Gasteiger charge is 2.31. The number of aromatic nitrogens is 2. The lowest BCUT2D eigenvalue weighted by Gasteiger charge is -2.13. The molecule has 2 aromatic heterocycles. The van der Waals surface area contributed by atoms with Gasteiger partial charge in [-0.1, -0.05) is 10.3 Å². The largest absolute Gasteiger partial charge is 0.399 e. The van der Waals surface area contributed by atoms with Gasteiger partial charge >= 0.3 is 0 Å². The fraction of sp³-hybridized carbons (Fsp3) is 0.417. The minimum absolute atomic E-state index is 0.102. The maximum absolute atomic E-state index is 5.31. The Labute approximate surface area is 114 Å². The van der Waals surface area contributed by atoms with Crippen LogP contribution in [0.5, 0.6) is 0 Å². The molecule has 19 heavy (non-hydrogen) atoms. The van der Waals surface area contributed by atoms with Gasteiger partial charge in [-0.2, -0.15) is 16.3 Å². The molecule has 0 radical (unpaired) electrons. The summed E-state index contributed by atoms with van der Waals surface area (Å²) in [6, 6.07) is 2.07. The second-order valence-corrected chi connectivity index (χ2v) is 5.22. The van der Waals surface area contributed by atoms with Crippen LogP contribution in [-0.4, -0.2) is 41.5 Å². The summed E-state index contributed by atoms with van der Waals surface area (Å²) >= 11 is 1.61. The quantitative estimate of drug-likeness (QED) is 0.805. The average molecular weight is 278 g/mol. The molecule has 7 heteroatoms. The summed E-state index contributed by atoms with van der Waals surface area (Å²) in [4.78, 5) is 11.4. The molecule has 3 heterocycles. The highest BCUT2D eigenvalue weighted by atomic mass is 32.1. The zero-order chi connectivity index (χ0) is 13.2. The van der Waals surface area contributed by atoms with Gasteiger partial charge in [0.2, 0.25) is 0 Å². The summed E-state index contributed by atoms with van der Waals surface area (Å²) in [5.74, 6) is 1.27. The fourth-order valence-corrected chi connectivity index (χ4v) is 2.83. The number of oxime groups is 1.